The third-order valence-corrected chi connectivity index (χ3v) is 2.72. The van der Waals surface area contributed by atoms with Gasteiger partial charge in [0.25, 0.3) is 5.91 Å². The molecule has 5 heteroatoms. The standard InChI is InChI=1S/C12H21N3O2/c1-10-9-11(15(3)13-10)12(17)14(2)7-5-4-6-8-16/h9,16H,4-8H2,1-3H3. The van der Waals surface area contributed by atoms with Gasteiger partial charge >= 0.3 is 0 Å². The minimum atomic E-state index is -0.00269. The second kappa shape index (κ2) is 6.39. The Morgan fingerprint density at radius 2 is 2.18 bits per heavy atom. The quantitative estimate of drug-likeness (QED) is 0.752. The van der Waals surface area contributed by atoms with E-state index in [4.69, 9.17) is 5.11 Å². The summed E-state index contributed by atoms with van der Waals surface area (Å²) in [6.45, 7) is 2.81. The van der Waals surface area contributed by atoms with Crippen molar-refractivity contribution >= 4 is 5.91 Å². The molecule has 0 aliphatic carbocycles. The molecule has 1 aromatic rings. The van der Waals surface area contributed by atoms with E-state index in [1.807, 2.05) is 6.92 Å². The zero-order chi connectivity index (χ0) is 12.8. The number of aliphatic hydroxyl groups is 1. The fourth-order valence-corrected chi connectivity index (χ4v) is 1.75. The first-order valence-corrected chi connectivity index (χ1v) is 5.93. The van der Waals surface area contributed by atoms with Crippen LogP contribution in [0.2, 0.25) is 0 Å². The summed E-state index contributed by atoms with van der Waals surface area (Å²) in [5, 5.41) is 12.8. The van der Waals surface area contributed by atoms with Crippen molar-refractivity contribution in [3.8, 4) is 0 Å². The minimum absolute atomic E-state index is 0.00269. The average molecular weight is 239 g/mol. The maximum Gasteiger partial charge on any atom is 0.271 e. The average Bonchev–Trinajstić information content (AvgIpc) is 2.62. The van der Waals surface area contributed by atoms with E-state index >= 15 is 0 Å². The number of nitrogens with zero attached hydrogens (tertiary/aromatic N) is 3. The number of unbranched alkanes of at least 4 members (excludes halogenated alkanes) is 2. The van der Waals surface area contributed by atoms with Gasteiger partial charge in [0.15, 0.2) is 0 Å². The fourth-order valence-electron chi connectivity index (χ4n) is 1.75. The Hall–Kier alpha value is -1.36. The van der Waals surface area contributed by atoms with E-state index in [1.54, 1.807) is 29.7 Å². The molecular formula is C12H21N3O2. The lowest BCUT2D eigenvalue weighted by atomic mass is 10.2. The van der Waals surface area contributed by atoms with Crippen LogP contribution >= 0.6 is 0 Å². The number of carbonyl (C=O) groups is 1. The molecule has 17 heavy (non-hydrogen) atoms. The van der Waals surface area contributed by atoms with Crippen molar-refractivity contribution in [1.29, 1.82) is 0 Å². The van der Waals surface area contributed by atoms with E-state index in [1.165, 1.54) is 0 Å². The predicted octanol–water partition coefficient (Wildman–Crippen LogP) is 0.963. The molecular weight excluding hydrogens is 218 g/mol. The molecule has 0 aromatic carbocycles. The third kappa shape index (κ3) is 3.85. The molecule has 0 atom stereocenters. The lowest BCUT2D eigenvalue weighted by Gasteiger charge is -2.16. The molecule has 0 spiro atoms. The zero-order valence-corrected chi connectivity index (χ0v) is 10.8. The number of carbonyl (C=O) groups excluding carboxylic acids is 1. The molecule has 1 rings (SSSR count). The van der Waals surface area contributed by atoms with Crippen LogP contribution in [0.1, 0.15) is 35.4 Å². The Morgan fingerprint density at radius 3 is 2.71 bits per heavy atom. The highest BCUT2D eigenvalue weighted by molar-refractivity contribution is 5.92. The predicted molar refractivity (Wildman–Crippen MR) is 65.8 cm³/mol. The molecule has 0 aliphatic heterocycles. The van der Waals surface area contributed by atoms with Crippen LogP contribution in [0.3, 0.4) is 0 Å². The van der Waals surface area contributed by atoms with Crippen molar-refractivity contribution < 1.29 is 9.90 Å². The molecule has 0 saturated carbocycles. The summed E-state index contributed by atoms with van der Waals surface area (Å²) >= 11 is 0. The Kier molecular flexibility index (Phi) is 5.15. The van der Waals surface area contributed by atoms with Gasteiger partial charge in [-0.3, -0.25) is 9.48 Å². The monoisotopic (exact) mass is 239 g/mol. The maximum absolute atomic E-state index is 12.1. The molecule has 0 saturated heterocycles. The zero-order valence-electron chi connectivity index (χ0n) is 10.8. The van der Waals surface area contributed by atoms with Crippen LogP contribution in [0.15, 0.2) is 6.07 Å². The number of aromatic nitrogens is 2. The summed E-state index contributed by atoms with van der Waals surface area (Å²) in [6, 6.07) is 1.80. The van der Waals surface area contributed by atoms with Gasteiger partial charge in [-0.25, -0.2) is 0 Å². The molecule has 1 amide bonds. The van der Waals surface area contributed by atoms with Crippen molar-refractivity contribution in [2.45, 2.75) is 26.2 Å². The van der Waals surface area contributed by atoms with Crippen molar-refractivity contribution in [3.05, 3.63) is 17.5 Å². The van der Waals surface area contributed by atoms with Gasteiger partial charge in [-0.15, -0.1) is 0 Å². The highest BCUT2D eigenvalue weighted by Crippen LogP contribution is 2.06. The Balaban J connectivity index is 2.49. The van der Waals surface area contributed by atoms with Crippen LogP contribution in [0.5, 0.6) is 0 Å². The van der Waals surface area contributed by atoms with Crippen LogP contribution in [0, 0.1) is 6.92 Å². The first-order valence-electron chi connectivity index (χ1n) is 5.93. The molecule has 1 heterocycles. The van der Waals surface area contributed by atoms with Crippen LogP contribution in [0.25, 0.3) is 0 Å². The van der Waals surface area contributed by atoms with Crippen molar-refractivity contribution in [2.24, 2.45) is 7.05 Å². The summed E-state index contributed by atoms with van der Waals surface area (Å²) in [5.41, 5.74) is 1.47. The topological polar surface area (TPSA) is 58.4 Å². The van der Waals surface area contributed by atoms with Crippen molar-refractivity contribution in [1.82, 2.24) is 14.7 Å². The summed E-state index contributed by atoms with van der Waals surface area (Å²) < 4.78 is 1.61. The normalized spacial score (nSPS) is 10.6. The SMILES string of the molecule is Cc1cc(C(=O)N(C)CCCCCO)n(C)n1. The van der Waals surface area contributed by atoms with E-state index in [0.717, 1.165) is 25.0 Å². The summed E-state index contributed by atoms with van der Waals surface area (Å²) in [5.74, 6) is -0.00269. The van der Waals surface area contributed by atoms with Gasteiger partial charge in [0.2, 0.25) is 0 Å². The van der Waals surface area contributed by atoms with E-state index in [2.05, 4.69) is 5.10 Å². The summed E-state index contributed by atoms with van der Waals surface area (Å²) in [4.78, 5) is 13.8. The van der Waals surface area contributed by atoms with Gasteiger partial charge in [-0.05, 0) is 32.3 Å². The van der Waals surface area contributed by atoms with Crippen molar-refractivity contribution in [2.75, 3.05) is 20.2 Å². The van der Waals surface area contributed by atoms with Crippen LogP contribution < -0.4 is 0 Å². The van der Waals surface area contributed by atoms with E-state index in [0.29, 0.717) is 12.2 Å². The van der Waals surface area contributed by atoms with E-state index in [9.17, 15) is 4.79 Å². The van der Waals surface area contributed by atoms with E-state index in [-0.39, 0.29) is 12.5 Å². The second-order valence-electron chi connectivity index (χ2n) is 4.31. The van der Waals surface area contributed by atoms with Gasteiger partial charge in [-0.1, -0.05) is 0 Å². The number of amides is 1. The Bertz CT molecular complexity index is 374. The summed E-state index contributed by atoms with van der Waals surface area (Å²) in [7, 11) is 3.57. The molecule has 0 fully saturated rings. The number of rotatable bonds is 6. The third-order valence-electron chi connectivity index (χ3n) is 2.72. The second-order valence-corrected chi connectivity index (χ2v) is 4.31. The lowest BCUT2D eigenvalue weighted by molar-refractivity contribution is 0.0781. The molecule has 0 bridgehead atoms. The molecule has 0 unspecified atom stereocenters. The maximum atomic E-state index is 12.1. The smallest absolute Gasteiger partial charge is 0.271 e. The summed E-state index contributed by atoms with van der Waals surface area (Å²) in [6.07, 6.45) is 2.66. The van der Waals surface area contributed by atoms with E-state index < -0.39 is 0 Å². The van der Waals surface area contributed by atoms with Crippen LogP contribution in [-0.4, -0.2) is 45.9 Å². The van der Waals surface area contributed by atoms with Crippen molar-refractivity contribution in [3.63, 3.8) is 0 Å². The number of aryl methyl sites for hydroxylation is 2. The molecule has 0 aliphatic rings. The van der Waals surface area contributed by atoms with Crippen LogP contribution in [-0.2, 0) is 7.05 Å². The number of aliphatic hydroxyl groups excluding tert-OH is 1. The Labute approximate surface area is 102 Å². The first-order chi connectivity index (χ1) is 8.06. The minimum Gasteiger partial charge on any atom is -0.396 e. The lowest BCUT2D eigenvalue weighted by Crippen LogP contribution is -2.29. The Morgan fingerprint density at radius 1 is 1.47 bits per heavy atom. The van der Waals surface area contributed by atoms with Crippen LogP contribution in [0.4, 0.5) is 0 Å². The largest absolute Gasteiger partial charge is 0.396 e. The fraction of sp³-hybridized carbons (Fsp3) is 0.667. The van der Waals surface area contributed by atoms with Gasteiger partial charge in [0.1, 0.15) is 5.69 Å². The van der Waals surface area contributed by atoms with Gasteiger partial charge in [0, 0.05) is 27.2 Å². The van der Waals surface area contributed by atoms with Gasteiger partial charge in [-0.2, -0.15) is 5.10 Å². The van der Waals surface area contributed by atoms with Gasteiger partial charge < -0.3 is 10.0 Å². The molecule has 0 radical (unpaired) electrons. The molecule has 1 aromatic heterocycles. The molecule has 1 N–H and O–H groups in total. The molecule has 5 nitrogen and oxygen atoms in total. The number of hydrogen-bond acceptors (Lipinski definition) is 3. The van der Waals surface area contributed by atoms with Gasteiger partial charge in [0.05, 0.1) is 5.69 Å². The highest BCUT2D eigenvalue weighted by atomic mass is 16.2. The first kappa shape index (κ1) is 13.7. The molecule has 96 valence electrons. The highest BCUT2D eigenvalue weighted by Gasteiger charge is 2.15. The number of hydrogen-bond donors (Lipinski definition) is 1.